The molecule has 1 N–H and O–H groups in total. The molecule has 0 radical (unpaired) electrons. The van der Waals surface area contributed by atoms with Crippen LogP contribution in [0, 0.1) is 0 Å². The largest absolute Gasteiger partial charge is 0.368 e. The maximum atomic E-state index is 5.43. The highest BCUT2D eigenvalue weighted by Crippen LogP contribution is 2.04. The molecule has 4 heteroatoms. The minimum absolute atomic E-state index is 0.623. The minimum atomic E-state index is 0.623. The zero-order valence-electron chi connectivity index (χ0n) is 4.80. The molecular weight excluding hydrogens is 156 g/mol. The van der Waals surface area contributed by atoms with Crippen LogP contribution in [-0.2, 0) is 0 Å². The summed E-state index contributed by atoms with van der Waals surface area (Å²) in [6.07, 6.45) is 0. The molecule has 1 aromatic rings. The number of alkyl halides is 1. The van der Waals surface area contributed by atoms with Gasteiger partial charge in [0.1, 0.15) is 5.82 Å². The smallest absolute Gasteiger partial charge is 0.139 e. The van der Waals surface area contributed by atoms with Crippen LogP contribution in [-0.4, -0.2) is 16.8 Å². The van der Waals surface area contributed by atoms with Crippen LogP contribution in [0.15, 0.2) is 11.4 Å². The van der Waals surface area contributed by atoms with E-state index < -0.39 is 0 Å². The van der Waals surface area contributed by atoms with E-state index in [0.717, 1.165) is 12.4 Å². The second-order valence-corrected chi connectivity index (χ2v) is 2.54. The summed E-state index contributed by atoms with van der Waals surface area (Å²) in [5.41, 5.74) is 0. The molecule has 0 bridgehead atoms. The van der Waals surface area contributed by atoms with E-state index >= 15 is 0 Å². The molecule has 1 rings (SSSR count). The Morgan fingerprint density at radius 2 is 2.67 bits per heavy atom. The van der Waals surface area contributed by atoms with E-state index in [1.165, 1.54) is 11.5 Å². The summed E-state index contributed by atoms with van der Waals surface area (Å²) in [5.74, 6) is 1.54. The van der Waals surface area contributed by atoms with Crippen molar-refractivity contribution in [2.75, 3.05) is 17.7 Å². The second-order valence-electron chi connectivity index (χ2n) is 1.50. The third-order valence-corrected chi connectivity index (χ3v) is 1.59. The van der Waals surface area contributed by atoms with Gasteiger partial charge < -0.3 is 5.32 Å². The van der Waals surface area contributed by atoms with Crippen LogP contribution in [0.1, 0.15) is 0 Å². The van der Waals surface area contributed by atoms with Crippen molar-refractivity contribution in [1.29, 1.82) is 0 Å². The molecule has 0 amide bonds. The number of hydrogen-bond donors (Lipinski definition) is 1. The van der Waals surface area contributed by atoms with Gasteiger partial charge in [0.05, 0.1) is 0 Å². The molecule has 9 heavy (non-hydrogen) atoms. The minimum Gasteiger partial charge on any atom is -0.368 e. The van der Waals surface area contributed by atoms with Crippen LogP contribution in [0.2, 0.25) is 0 Å². The average molecular weight is 163 g/mol. The Bertz CT molecular complexity index is 152. The van der Waals surface area contributed by atoms with E-state index in [1.807, 2.05) is 11.4 Å². The van der Waals surface area contributed by atoms with Gasteiger partial charge in [0.25, 0.3) is 0 Å². The highest BCUT2D eigenvalue weighted by atomic mass is 35.5. The van der Waals surface area contributed by atoms with Gasteiger partial charge in [-0.05, 0) is 17.6 Å². The third-order valence-electron chi connectivity index (χ3n) is 0.838. The fraction of sp³-hybridized carbons (Fsp3) is 0.400. The number of nitrogens with zero attached hydrogens (tertiary/aromatic N) is 1. The SMILES string of the molecule is ClCCNc1ccsn1. The molecular formula is C5H7ClN2S. The van der Waals surface area contributed by atoms with Crippen molar-refractivity contribution in [2.24, 2.45) is 0 Å². The summed E-state index contributed by atoms with van der Waals surface area (Å²) in [5, 5.41) is 4.97. The normalized spacial score (nSPS) is 9.44. The molecule has 50 valence electrons. The van der Waals surface area contributed by atoms with Crippen molar-refractivity contribution in [1.82, 2.24) is 4.37 Å². The third kappa shape index (κ3) is 2.20. The predicted octanol–water partition coefficient (Wildman–Crippen LogP) is 1.79. The van der Waals surface area contributed by atoms with Crippen LogP contribution in [0.4, 0.5) is 5.82 Å². The van der Waals surface area contributed by atoms with Gasteiger partial charge in [-0.3, -0.25) is 0 Å². The summed E-state index contributed by atoms with van der Waals surface area (Å²) in [6.45, 7) is 0.783. The maximum Gasteiger partial charge on any atom is 0.139 e. The summed E-state index contributed by atoms with van der Waals surface area (Å²) >= 11 is 6.87. The van der Waals surface area contributed by atoms with Gasteiger partial charge in [0.15, 0.2) is 0 Å². The van der Waals surface area contributed by atoms with Crippen LogP contribution < -0.4 is 5.32 Å². The number of rotatable bonds is 3. The van der Waals surface area contributed by atoms with Gasteiger partial charge >= 0.3 is 0 Å². The highest BCUT2D eigenvalue weighted by molar-refractivity contribution is 7.03. The molecule has 1 aromatic heterocycles. The zero-order valence-corrected chi connectivity index (χ0v) is 6.37. The Hall–Kier alpha value is -0.280. The topological polar surface area (TPSA) is 24.9 Å². The molecule has 0 aliphatic carbocycles. The van der Waals surface area contributed by atoms with Crippen LogP contribution in [0.3, 0.4) is 0 Å². The first-order valence-corrected chi connectivity index (χ1v) is 4.01. The van der Waals surface area contributed by atoms with Crippen molar-refractivity contribution >= 4 is 29.0 Å². The lowest BCUT2D eigenvalue weighted by molar-refractivity contribution is 1.20. The fourth-order valence-corrected chi connectivity index (χ4v) is 1.06. The van der Waals surface area contributed by atoms with Crippen molar-refractivity contribution < 1.29 is 0 Å². The van der Waals surface area contributed by atoms with E-state index in [1.54, 1.807) is 0 Å². The zero-order chi connectivity index (χ0) is 6.53. The van der Waals surface area contributed by atoms with Crippen molar-refractivity contribution in [3.8, 4) is 0 Å². The van der Waals surface area contributed by atoms with Crippen LogP contribution >= 0.6 is 23.1 Å². The molecule has 0 atom stereocenters. The standard InChI is InChI=1S/C5H7ClN2S/c6-2-3-7-5-1-4-9-8-5/h1,4H,2-3H2,(H,7,8). The van der Waals surface area contributed by atoms with Gasteiger partial charge in [-0.25, -0.2) is 0 Å². The fourth-order valence-electron chi connectivity index (χ4n) is 0.479. The molecule has 0 saturated heterocycles. The Morgan fingerprint density at radius 1 is 1.78 bits per heavy atom. The molecule has 0 unspecified atom stereocenters. The van der Waals surface area contributed by atoms with E-state index in [2.05, 4.69) is 9.69 Å². The number of aromatic nitrogens is 1. The van der Waals surface area contributed by atoms with Gasteiger partial charge in [-0.15, -0.1) is 11.6 Å². The molecule has 0 saturated carbocycles. The summed E-state index contributed by atoms with van der Waals surface area (Å²) < 4.78 is 4.03. The van der Waals surface area contributed by atoms with Gasteiger partial charge in [0, 0.05) is 17.8 Å². The Kier molecular flexibility index (Phi) is 2.80. The lowest BCUT2D eigenvalue weighted by Gasteiger charge is -1.95. The molecule has 0 aliphatic heterocycles. The number of nitrogens with one attached hydrogen (secondary N) is 1. The predicted molar refractivity (Wildman–Crippen MR) is 41.3 cm³/mol. The summed E-state index contributed by atoms with van der Waals surface area (Å²) in [7, 11) is 0. The Morgan fingerprint density at radius 3 is 3.22 bits per heavy atom. The van der Waals surface area contributed by atoms with E-state index in [-0.39, 0.29) is 0 Å². The lowest BCUT2D eigenvalue weighted by Crippen LogP contribution is -2.01. The monoisotopic (exact) mass is 162 g/mol. The van der Waals surface area contributed by atoms with Crippen molar-refractivity contribution in [2.45, 2.75) is 0 Å². The molecule has 0 fully saturated rings. The Balaban J connectivity index is 2.30. The first-order chi connectivity index (χ1) is 4.43. The number of halogens is 1. The first kappa shape index (κ1) is 6.83. The highest BCUT2D eigenvalue weighted by Gasteiger charge is 1.88. The van der Waals surface area contributed by atoms with Gasteiger partial charge in [-0.2, -0.15) is 4.37 Å². The lowest BCUT2D eigenvalue weighted by atomic mass is 10.6. The quantitative estimate of drug-likeness (QED) is 0.686. The van der Waals surface area contributed by atoms with E-state index in [9.17, 15) is 0 Å². The average Bonchev–Trinajstić information content (AvgIpc) is 2.34. The summed E-state index contributed by atoms with van der Waals surface area (Å²) in [6, 6.07) is 1.93. The molecule has 0 aliphatic rings. The van der Waals surface area contributed by atoms with E-state index in [0.29, 0.717) is 5.88 Å². The Labute approximate surface area is 63.0 Å². The second kappa shape index (κ2) is 3.69. The van der Waals surface area contributed by atoms with Crippen LogP contribution in [0.5, 0.6) is 0 Å². The first-order valence-electron chi connectivity index (χ1n) is 2.63. The van der Waals surface area contributed by atoms with E-state index in [4.69, 9.17) is 11.6 Å². The van der Waals surface area contributed by atoms with Crippen molar-refractivity contribution in [3.05, 3.63) is 11.4 Å². The van der Waals surface area contributed by atoms with Gasteiger partial charge in [-0.1, -0.05) is 0 Å². The van der Waals surface area contributed by atoms with Gasteiger partial charge in [0.2, 0.25) is 0 Å². The molecule has 1 heterocycles. The molecule has 0 spiro atoms. The number of anilines is 1. The van der Waals surface area contributed by atoms with Crippen molar-refractivity contribution in [3.63, 3.8) is 0 Å². The molecule has 2 nitrogen and oxygen atoms in total. The number of hydrogen-bond acceptors (Lipinski definition) is 3. The maximum absolute atomic E-state index is 5.43. The summed E-state index contributed by atoms with van der Waals surface area (Å²) in [4.78, 5) is 0. The van der Waals surface area contributed by atoms with Crippen LogP contribution in [0.25, 0.3) is 0 Å². The molecule has 0 aromatic carbocycles.